The topological polar surface area (TPSA) is 38.1 Å². The summed E-state index contributed by atoms with van der Waals surface area (Å²) in [4.78, 5) is 12.9. The van der Waals surface area contributed by atoms with Gasteiger partial charge in [-0.05, 0) is 6.92 Å². The van der Waals surface area contributed by atoms with Crippen LogP contribution in [0, 0.1) is 6.92 Å². The fraction of sp³-hybridized carbons (Fsp3) is 0.556. The van der Waals surface area contributed by atoms with E-state index in [0.29, 0.717) is 11.3 Å². The van der Waals surface area contributed by atoms with Gasteiger partial charge in [0.1, 0.15) is 6.54 Å². The Hall–Kier alpha value is -1.46. The van der Waals surface area contributed by atoms with Crippen molar-refractivity contribution in [2.75, 3.05) is 14.1 Å². The van der Waals surface area contributed by atoms with Gasteiger partial charge >= 0.3 is 0 Å². The van der Waals surface area contributed by atoms with Crippen molar-refractivity contribution in [3.05, 3.63) is 17.5 Å². The van der Waals surface area contributed by atoms with Crippen LogP contribution in [0.4, 0.5) is 8.78 Å². The maximum absolute atomic E-state index is 12.1. The molecule has 1 rings (SSSR count). The molecule has 0 bridgehead atoms. The highest BCUT2D eigenvalue weighted by atomic mass is 19.3. The molecular weight excluding hydrogens is 204 g/mol. The average molecular weight is 217 g/mol. The van der Waals surface area contributed by atoms with Crippen molar-refractivity contribution in [2.45, 2.75) is 19.9 Å². The first-order valence-electron chi connectivity index (χ1n) is 4.45. The largest absolute Gasteiger partial charge is 0.345 e. The third-order valence-corrected chi connectivity index (χ3v) is 1.91. The highest BCUT2D eigenvalue weighted by Crippen LogP contribution is 2.09. The molecule has 1 aromatic rings. The lowest BCUT2D eigenvalue weighted by molar-refractivity contribution is 0.0826. The molecule has 0 atom stereocenters. The molecule has 1 amide bonds. The Kier molecular flexibility index (Phi) is 3.39. The molecule has 0 radical (unpaired) electrons. The Morgan fingerprint density at radius 2 is 2.20 bits per heavy atom. The zero-order chi connectivity index (χ0) is 11.6. The molecule has 0 N–H and O–H groups in total. The van der Waals surface area contributed by atoms with Crippen LogP contribution < -0.4 is 0 Å². The summed E-state index contributed by atoms with van der Waals surface area (Å²) in [5.41, 5.74) is 0.829. The second kappa shape index (κ2) is 4.37. The van der Waals surface area contributed by atoms with Gasteiger partial charge in [-0.25, -0.2) is 8.78 Å². The molecule has 0 unspecified atom stereocenters. The minimum atomic E-state index is -2.47. The van der Waals surface area contributed by atoms with Crippen molar-refractivity contribution < 1.29 is 13.6 Å². The van der Waals surface area contributed by atoms with Gasteiger partial charge in [-0.2, -0.15) is 5.10 Å². The molecule has 0 aromatic carbocycles. The summed E-state index contributed by atoms with van der Waals surface area (Å²) in [6, 6.07) is 0. The van der Waals surface area contributed by atoms with Crippen LogP contribution in [-0.2, 0) is 6.54 Å². The summed E-state index contributed by atoms with van der Waals surface area (Å²) in [6.45, 7) is 1.14. The van der Waals surface area contributed by atoms with Crippen molar-refractivity contribution >= 4 is 5.91 Å². The third-order valence-electron chi connectivity index (χ3n) is 1.91. The normalized spacial score (nSPS) is 10.8. The molecule has 6 heteroatoms. The van der Waals surface area contributed by atoms with E-state index in [9.17, 15) is 13.6 Å². The zero-order valence-corrected chi connectivity index (χ0v) is 8.87. The summed E-state index contributed by atoms with van der Waals surface area (Å²) >= 11 is 0. The van der Waals surface area contributed by atoms with Crippen LogP contribution in [0.1, 0.15) is 16.1 Å². The number of hydrogen-bond acceptors (Lipinski definition) is 2. The predicted octanol–water partition coefficient (Wildman–Crippen LogP) is 1.16. The van der Waals surface area contributed by atoms with Gasteiger partial charge in [0.05, 0.1) is 11.3 Å². The average Bonchev–Trinajstić information content (AvgIpc) is 2.44. The number of halogens is 2. The van der Waals surface area contributed by atoms with E-state index in [4.69, 9.17) is 0 Å². The minimum Gasteiger partial charge on any atom is -0.345 e. The first kappa shape index (κ1) is 11.6. The fourth-order valence-electron chi connectivity index (χ4n) is 1.20. The quantitative estimate of drug-likeness (QED) is 0.762. The molecule has 0 aliphatic carbocycles. The van der Waals surface area contributed by atoms with Gasteiger partial charge < -0.3 is 4.90 Å². The summed E-state index contributed by atoms with van der Waals surface area (Å²) in [7, 11) is 3.21. The van der Waals surface area contributed by atoms with Crippen LogP contribution in [0.5, 0.6) is 0 Å². The lowest BCUT2D eigenvalue weighted by atomic mass is 10.2. The number of carbonyl (C=O) groups excluding carboxylic acids is 1. The van der Waals surface area contributed by atoms with Gasteiger partial charge in [-0.3, -0.25) is 9.48 Å². The first-order valence-corrected chi connectivity index (χ1v) is 4.45. The number of alkyl halides is 2. The molecule has 1 aromatic heterocycles. The Labute approximate surface area is 86.5 Å². The molecule has 0 aliphatic rings. The van der Waals surface area contributed by atoms with E-state index in [1.165, 1.54) is 11.1 Å². The van der Waals surface area contributed by atoms with E-state index >= 15 is 0 Å². The predicted molar refractivity (Wildman–Crippen MR) is 51.0 cm³/mol. The van der Waals surface area contributed by atoms with Crippen LogP contribution in [0.2, 0.25) is 0 Å². The van der Waals surface area contributed by atoms with Gasteiger partial charge in [0.25, 0.3) is 12.3 Å². The Bertz CT molecular complexity index is 360. The van der Waals surface area contributed by atoms with E-state index in [1.807, 2.05) is 0 Å². The molecule has 0 saturated heterocycles. The van der Waals surface area contributed by atoms with E-state index in [2.05, 4.69) is 5.10 Å². The number of carbonyl (C=O) groups is 1. The molecule has 84 valence electrons. The first-order chi connectivity index (χ1) is 6.91. The Morgan fingerprint density at radius 3 is 2.67 bits per heavy atom. The Morgan fingerprint density at radius 1 is 1.60 bits per heavy atom. The van der Waals surface area contributed by atoms with Crippen molar-refractivity contribution in [3.8, 4) is 0 Å². The van der Waals surface area contributed by atoms with Crippen molar-refractivity contribution in [3.63, 3.8) is 0 Å². The summed E-state index contributed by atoms with van der Waals surface area (Å²) in [6.07, 6.45) is -1.12. The molecule has 0 fully saturated rings. The minimum absolute atomic E-state index is 0.229. The second-order valence-electron chi connectivity index (χ2n) is 3.44. The summed E-state index contributed by atoms with van der Waals surface area (Å²) < 4.78 is 25.2. The maximum atomic E-state index is 12.1. The lowest BCUT2D eigenvalue weighted by Gasteiger charge is -2.08. The van der Waals surface area contributed by atoms with E-state index < -0.39 is 13.0 Å². The monoisotopic (exact) mass is 217 g/mol. The van der Waals surface area contributed by atoms with E-state index in [1.54, 1.807) is 21.0 Å². The van der Waals surface area contributed by atoms with E-state index in [0.717, 1.165) is 4.68 Å². The number of aryl methyl sites for hydroxylation is 1. The molecule has 0 saturated carbocycles. The third kappa shape index (κ3) is 2.74. The SMILES string of the molecule is Cc1nn(CC(F)F)cc1C(=O)N(C)C. The summed E-state index contributed by atoms with van der Waals surface area (Å²) in [5.74, 6) is -0.229. The van der Waals surface area contributed by atoms with Crippen LogP contribution >= 0.6 is 0 Å². The standard InChI is InChI=1S/C9H13F2N3O/c1-6-7(9(15)13(2)3)4-14(12-6)5-8(10)11/h4,8H,5H2,1-3H3. The molecule has 4 nitrogen and oxygen atoms in total. The van der Waals surface area contributed by atoms with Gasteiger partial charge in [0, 0.05) is 20.3 Å². The highest BCUT2D eigenvalue weighted by Gasteiger charge is 2.16. The number of rotatable bonds is 3. The van der Waals surface area contributed by atoms with Crippen molar-refractivity contribution in [2.24, 2.45) is 0 Å². The lowest BCUT2D eigenvalue weighted by Crippen LogP contribution is -2.21. The van der Waals surface area contributed by atoms with Gasteiger partial charge in [0.2, 0.25) is 0 Å². The van der Waals surface area contributed by atoms with Crippen LogP contribution in [0.3, 0.4) is 0 Å². The zero-order valence-electron chi connectivity index (χ0n) is 8.87. The smallest absolute Gasteiger partial charge is 0.257 e. The maximum Gasteiger partial charge on any atom is 0.257 e. The highest BCUT2D eigenvalue weighted by molar-refractivity contribution is 5.94. The molecular formula is C9H13F2N3O. The summed E-state index contributed by atoms with van der Waals surface area (Å²) in [5, 5.41) is 3.84. The molecule has 1 heterocycles. The van der Waals surface area contributed by atoms with Gasteiger partial charge in [-0.1, -0.05) is 0 Å². The van der Waals surface area contributed by atoms with Crippen LogP contribution in [0.25, 0.3) is 0 Å². The Balaban J connectivity index is 2.91. The van der Waals surface area contributed by atoms with Crippen LogP contribution in [0.15, 0.2) is 6.20 Å². The fourth-order valence-corrected chi connectivity index (χ4v) is 1.20. The molecule has 0 spiro atoms. The van der Waals surface area contributed by atoms with Gasteiger partial charge in [-0.15, -0.1) is 0 Å². The van der Waals surface area contributed by atoms with E-state index in [-0.39, 0.29) is 5.91 Å². The number of nitrogens with zero attached hydrogens (tertiary/aromatic N) is 3. The van der Waals surface area contributed by atoms with Crippen molar-refractivity contribution in [1.82, 2.24) is 14.7 Å². The van der Waals surface area contributed by atoms with Crippen LogP contribution in [-0.4, -0.2) is 41.1 Å². The second-order valence-corrected chi connectivity index (χ2v) is 3.44. The van der Waals surface area contributed by atoms with Gasteiger partial charge in [0.15, 0.2) is 0 Å². The number of hydrogen-bond donors (Lipinski definition) is 0. The molecule has 0 aliphatic heterocycles. The molecule has 15 heavy (non-hydrogen) atoms. The number of amides is 1. The number of aromatic nitrogens is 2. The van der Waals surface area contributed by atoms with Crippen molar-refractivity contribution in [1.29, 1.82) is 0 Å².